The lowest BCUT2D eigenvalue weighted by molar-refractivity contribution is -0.142. The molecule has 5 heteroatoms. The maximum Gasteiger partial charge on any atom is 0.343 e. The van der Waals surface area contributed by atoms with Crippen LogP contribution in [0.1, 0.15) is 18.2 Å². The first-order valence-corrected chi connectivity index (χ1v) is 10.5. The molecule has 4 aromatic rings. The van der Waals surface area contributed by atoms with Gasteiger partial charge in [-0.15, -0.1) is 0 Å². The van der Waals surface area contributed by atoms with E-state index in [-0.39, 0.29) is 12.0 Å². The molecule has 0 unspecified atom stereocenters. The van der Waals surface area contributed by atoms with Crippen LogP contribution in [0.3, 0.4) is 0 Å². The van der Waals surface area contributed by atoms with Gasteiger partial charge in [0, 0.05) is 6.07 Å². The van der Waals surface area contributed by atoms with Crippen LogP contribution in [-0.2, 0) is 16.0 Å². The fourth-order valence-electron chi connectivity index (χ4n) is 3.78. The Bertz CT molecular complexity index is 1320. The number of benzene rings is 3. The van der Waals surface area contributed by atoms with Crippen molar-refractivity contribution in [3.63, 3.8) is 0 Å². The number of hydrogen-bond donors (Lipinski definition) is 0. The molecule has 0 aliphatic heterocycles. The Morgan fingerprint density at radius 1 is 0.938 bits per heavy atom. The van der Waals surface area contributed by atoms with Gasteiger partial charge in [-0.25, -0.2) is 4.79 Å². The number of rotatable bonds is 6. The van der Waals surface area contributed by atoms with Gasteiger partial charge < -0.3 is 13.9 Å². The van der Waals surface area contributed by atoms with Gasteiger partial charge in [0.2, 0.25) is 5.43 Å². The number of methoxy groups -OCH3 is 1. The maximum absolute atomic E-state index is 13.4. The van der Waals surface area contributed by atoms with Gasteiger partial charge in [-0.1, -0.05) is 61.5 Å². The van der Waals surface area contributed by atoms with E-state index in [0.717, 1.165) is 22.3 Å². The highest BCUT2D eigenvalue weighted by Gasteiger charge is 2.17. The van der Waals surface area contributed by atoms with Gasteiger partial charge >= 0.3 is 5.97 Å². The Morgan fingerprint density at radius 2 is 1.59 bits per heavy atom. The molecular weight excluding hydrogens is 404 g/mol. The van der Waals surface area contributed by atoms with Crippen molar-refractivity contribution in [2.45, 2.75) is 20.3 Å². The minimum Gasteiger partial charge on any atom is -0.481 e. The molecule has 162 valence electrons. The highest BCUT2D eigenvalue weighted by atomic mass is 16.6. The lowest BCUT2D eigenvalue weighted by Crippen LogP contribution is -2.14. The Hall–Kier alpha value is -3.86. The maximum atomic E-state index is 13.4. The third-order valence-corrected chi connectivity index (χ3v) is 5.48. The molecule has 0 amide bonds. The summed E-state index contributed by atoms with van der Waals surface area (Å²) in [5, 5.41) is 0.486. The molecule has 4 rings (SSSR count). The standard InChI is InChI=1S/C27H24O5/c1-4-18-14-22-24(15-23(18)31-16-25(28)30-3)32-17(2)26(27(22)29)21-12-10-20(11-13-21)19-8-6-5-7-9-19/h5-15H,4,16H2,1-3H3. The molecule has 0 saturated heterocycles. The molecular formula is C27H24O5. The average Bonchev–Trinajstić information content (AvgIpc) is 2.83. The Labute approximate surface area is 186 Å². The van der Waals surface area contributed by atoms with Crippen LogP contribution in [-0.4, -0.2) is 19.7 Å². The van der Waals surface area contributed by atoms with Crippen LogP contribution in [0.5, 0.6) is 5.75 Å². The van der Waals surface area contributed by atoms with Crippen molar-refractivity contribution < 1.29 is 18.7 Å². The van der Waals surface area contributed by atoms with E-state index >= 15 is 0 Å². The van der Waals surface area contributed by atoms with E-state index in [0.29, 0.717) is 34.5 Å². The Balaban J connectivity index is 1.76. The van der Waals surface area contributed by atoms with Crippen molar-refractivity contribution in [2.24, 2.45) is 0 Å². The number of carbonyl (C=O) groups excluding carboxylic acids is 1. The normalized spacial score (nSPS) is 10.8. The average molecular weight is 428 g/mol. The molecule has 32 heavy (non-hydrogen) atoms. The third kappa shape index (κ3) is 4.14. The summed E-state index contributed by atoms with van der Waals surface area (Å²) >= 11 is 0. The van der Waals surface area contributed by atoms with Gasteiger partial charge in [-0.2, -0.15) is 0 Å². The van der Waals surface area contributed by atoms with Crippen molar-refractivity contribution >= 4 is 16.9 Å². The van der Waals surface area contributed by atoms with E-state index in [2.05, 4.69) is 16.9 Å². The molecule has 0 fully saturated rings. The smallest absolute Gasteiger partial charge is 0.343 e. The molecule has 3 aromatic carbocycles. The molecule has 5 nitrogen and oxygen atoms in total. The number of fused-ring (bicyclic) bond motifs is 1. The summed E-state index contributed by atoms with van der Waals surface area (Å²) in [6.07, 6.45) is 0.640. The molecule has 0 bridgehead atoms. The Morgan fingerprint density at radius 3 is 2.25 bits per heavy atom. The fourth-order valence-corrected chi connectivity index (χ4v) is 3.78. The fraction of sp³-hybridized carbons (Fsp3) is 0.185. The predicted octanol–water partition coefficient (Wildman–Crippen LogP) is 5.55. The summed E-state index contributed by atoms with van der Waals surface area (Å²) in [5.74, 6) is 0.560. The third-order valence-electron chi connectivity index (χ3n) is 5.48. The van der Waals surface area contributed by atoms with Gasteiger partial charge in [-0.3, -0.25) is 4.79 Å². The van der Waals surface area contributed by atoms with E-state index in [4.69, 9.17) is 9.15 Å². The monoisotopic (exact) mass is 428 g/mol. The topological polar surface area (TPSA) is 65.7 Å². The van der Waals surface area contributed by atoms with Crippen molar-refractivity contribution in [1.29, 1.82) is 0 Å². The predicted molar refractivity (Wildman–Crippen MR) is 125 cm³/mol. The van der Waals surface area contributed by atoms with Crippen molar-refractivity contribution in [3.8, 4) is 28.0 Å². The van der Waals surface area contributed by atoms with Crippen LogP contribution in [0.4, 0.5) is 0 Å². The summed E-state index contributed by atoms with van der Waals surface area (Å²) in [6, 6.07) is 21.5. The van der Waals surface area contributed by atoms with E-state index in [9.17, 15) is 9.59 Å². The SMILES string of the molecule is CCc1cc2c(=O)c(-c3ccc(-c4ccccc4)cc3)c(C)oc2cc1OCC(=O)OC. The second kappa shape index (κ2) is 9.10. The summed E-state index contributed by atoms with van der Waals surface area (Å²) in [6.45, 7) is 3.54. The van der Waals surface area contributed by atoms with Gasteiger partial charge in [0.1, 0.15) is 17.1 Å². The summed E-state index contributed by atoms with van der Waals surface area (Å²) in [5.41, 5.74) is 4.71. The van der Waals surface area contributed by atoms with E-state index in [1.807, 2.05) is 49.4 Å². The second-order valence-corrected chi connectivity index (χ2v) is 7.48. The second-order valence-electron chi connectivity index (χ2n) is 7.48. The lowest BCUT2D eigenvalue weighted by Gasteiger charge is -2.13. The molecule has 1 heterocycles. The van der Waals surface area contributed by atoms with Gasteiger partial charge in [-0.05, 0) is 41.7 Å². The zero-order chi connectivity index (χ0) is 22.7. The molecule has 0 N–H and O–H groups in total. The van der Waals surface area contributed by atoms with Crippen LogP contribution >= 0.6 is 0 Å². The summed E-state index contributed by atoms with van der Waals surface area (Å²) in [7, 11) is 1.31. The summed E-state index contributed by atoms with van der Waals surface area (Å²) < 4.78 is 16.3. The largest absolute Gasteiger partial charge is 0.481 e. The molecule has 0 radical (unpaired) electrons. The van der Waals surface area contributed by atoms with Crippen molar-refractivity contribution in [3.05, 3.63) is 88.3 Å². The Kier molecular flexibility index (Phi) is 6.08. The van der Waals surface area contributed by atoms with Crippen molar-refractivity contribution in [1.82, 2.24) is 0 Å². The number of ether oxygens (including phenoxy) is 2. The molecule has 0 aliphatic rings. The van der Waals surface area contributed by atoms with E-state index in [1.54, 1.807) is 19.1 Å². The van der Waals surface area contributed by atoms with Crippen LogP contribution in [0.2, 0.25) is 0 Å². The lowest BCUT2D eigenvalue weighted by atomic mass is 9.98. The zero-order valence-electron chi connectivity index (χ0n) is 18.3. The number of hydrogen-bond acceptors (Lipinski definition) is 5. The minimum absolute atomic E-state index is 0.0922. The minimum atomic E-state index is -0.473. The van der Waals surface area contributed by atoms with E-state index < -0.39 is 5.97 Å². The number of esters is 1. The zero-order valence-corrected chi connectivity index (χ0v) is 18.3. The van der Waals surface area contributed by atoms with Crippen LogP contribution in [0.15, 0.2) is 75.9 Å². The molecule has 0 aliphatic carbocycles. The van der Waals surface area contributed by atoms with Crippen LogP contribution in [0, 0.1) is 6.92 Å². The van der Waals surface area contributed by atoms with Crippen molar-refractivity contribution in [2.75, 3.05) is 13.7 Å². The van der Waals surface area contributed by atoms with Crippen LogP contribution < -0.4 is 10.2 Å². The van der Waals surface area contributed by atoms with E-state index in [1.165, 1.54) is 7.11 Å². The first kappa shape index (κ1) is 21.4. The molecule has 0 saturated carbocycles. The van der Waals surface area contributed by atoms with Gasteiger partial charge in [0.15, 0.2) is 6.61 Å². The number of carbonyl (C=O) groups is 1. The van der Waals surface area contributed by atoms with Gasteiger partial charge in [0.05, 0.1) is 18.1 Å². The molecule has 0 atom stereocenters. The molecule has 1 aromatic heterocycles. The highest BCUT2D eigenvalue weighted by molar-refractivity contribution is 5.85. The highest BCUT2D eigenvalue weighted by Crippen LogP contribution is 2.30. The molecule has 0 spiro atoms. The first-order valence-electron chi connectivity index (χ1n) is 10.5. The first-order chi connectivity index (χ1) is 15.5. The quantitative estimate of drug-likeness (QED) is 0.377. The summed E-state index contributed by atoms with van der Waals surface area (Å²) in [4.78, 5) is 24.9. The van der Waals surface area contributed by atoms with Gasteiger partial charge in [0.25, 0.3) is 0 Å². The number of aryl methyl sites for hydroxylation is 2. The van der Waals surface area contributed by atoms with Crippen LogP contribution in [0.25, 0.3) is 33.2 Å².